The molecule has 1 atom stereocenters. The molecule has 1 aromatic carbocycles. The van der Waals surface area contributed by atoms with E-state index in [1.165, 1.54) is 11.1 Å². The molecule has 1 fully saturated rings. The first kappa shape index (κ1) is 13.5. The van der Waals surface area contributed by atoms with Crippen LogP contribution >= 0.6 is 0 Å². The van der Waals surface area contributed by atoms with Crippen LogP contribution in [0, 0.1) is 0 Å². The minimum atomic E-state index is 0.284. The molecule has 0 amide bonds. The van der Waals surface area contributed by atoms with Gasteiger partial charge in [0.15, 0.2) is 0 Å². The van der Waals surface area contributed by atoms with E-state index in [1.807, 2.05) is 0 Å². The molecule has 0 aliphatic carbocycles. The molecule has 0 aromatic heterocycles. The molecule has 1 saturated heterocycles. The topological polar surface area (TPSA) is 30.5 Å². The average Bonchev–Trinajstić information content (AvgIpc) is 2.91. The maximum atomic E-state index is 5.89. The third-order valence-electron chi connectivity index (χ3n) is 3.30. The number of rotatable bonds is 7. The number of nitrogens with one attached hydrogen (secondary N) is 1. The van der Waals surface area contributed by atoms with E-state index in [4.69, 9.17) is 9.47 Å². The first-order valence-electron chi connectivity index (χ1n) is 6.87. The second kappa shape index (κ2) is 7.52. The zero-order chi connectivity index (χ0) is 12.6. The Labute approximate surface area is 109 Å². The fourth-order valence-corrected chi connectivity index (χ4v) is 2.19. The van der Waals surface area contributed by atoms with Gasteiger partial charge >= 0.3 is 0 Å². The molecule has 1 unspecified atom stereocenters. The van der Waals surface area contributed by atoms with Gasteiger partial charge < -0.3 is 14.8 Å². The summed E-state index contributed by atoms with van der Waals surface area (Å²) in [5.74, 6) is 0. The second-order valence-corrected chi connectivity index (χ2v) is 4.67. The van der Waals surface area contributed by atoms with Gasteiger partial charge in [-0.2, -0.15) is 0 Å². The molecule has 100 valence electrons. The molecule has 0 saturated carbocycles. The van der Waals surface area contributed by atoms with Gasteiger partial charge in [-0.05, 0) is 37.1 Å². The van der Waals surface area contributed by atoms with Crippen LogP contribution in [0.5, 0.6) is 0 Å². The van der Waals surface area contributed by atoms with Crippen molar-refractivity contribution < 1.29 is 9.47 Å². The summed E-state index contributed by atoms with van der Waals surface area (Å²) in [5, 5.41) is 3.36. The van der Waals surface area contributed by atoms with Crippen molar-refractivity contribution in [3.63, 3.8) is 0 Å². The molecule has 0 spiro atoms. The number of likely N-dealkylation sites (N-methyl/N-ethyl adjacent to an activating group) is 1. The normalized spacial score (nSPS) is 19.3. The first-order chi connectivity index (χ1) is 8.90. The van der Waals surface area contributed by atoms with E-state index in [0.29, 0.717) is 6.61 Å². The molecule has 1 heterocycles. The zero-order valence-electron chi connectivity index (χ0n) is 11.2. The predicted octanol–water partition coefficient (Wildman–Crippen LogP) is 2.14. The van der Waals surface area contributed by atoms with Gasteiger partial charge in [0, 0.05) is 6.61 Å². The molecule has 1 aromatic rings. The number of ether oxygens (including phenoxy) is 2. The van der Waals surface area contributed by atoms with Crippen LogP contribution in [0.2, 0.25) is 0 Å². The first-order valence-corrected chi connectivity index (χ1v) is 6.87. The fourth-order valence-electron chi connectivity index (χ4n) is 2.19. The highest BCUT2D eigenvalue weighted by atomic mass is 16.5. The van der Waals surface area contributed by atoms with Gasteiger partial charge in [-0.25, -0.2) is 0 Å². The Hall–Kier alpha value is -0.900. The van der Waals surface area contributed by atoms with Crippen molar-refractivity contribution in [1.29, 1.82) is 0 Å². The van der Waals surface area contributed by atoms with E-state index in [-0.39, 0.29) is 6.10 Å². The summed E-state index contributed by atoms with van der Waals surface area (Å²) in [6.45, 7) is 6.48. The molecule has 1 aliphatic rings. The summed E-state index contributed by atoms with van der Waals surface area (Å²) in [7, 11) is 0. The van der Waals surface area contributed by atoms with Crippen LogP contribution in [-0.2, 0) is 22.5 Å². The van der Waals surface area contributed by atoms with E-state index in [9.17, 15) is 0 Å². The SMILES string of the molecule is CCNCCc1ccccc1COC1CCOC1. The lowest BCUT2D eigenvalue weighted by molar-refractivity contribution is 0.0314. The van der Waals surface area contributed by atoms with Gasteiger partial charge in [0.25, 0.3) is 0 Å². The van der Waals surface area contributed by atoms with Crippen LogP contribution < -0.4 is 5.32 Å². The van der Waals surface area contributed by atoms with E-state index >= 15 is 0 Å². The van der Waals surface area contributed by atoms with E-state index in [1.54, 1.807) is 0 Å². The molecular formula is C15H23NO2. The lowest BCUT2D eigenvalue weighted by Gasteiger charge is -2.13. The highest BCUT2D eigenvalue weighted by molar-refractivity contribution is 5.26. The van der Waals surface area contributed by atoms with Crippen molar-refractivity contribution in [2.24, 2.45) is 0 Å². The highest BCUT2D eigenvalue weighted by Crippen LogP contribution is 2.15. The summed E-state index contributed by atoms with van der Waals surface area (Å²) in [6.07, 6.45) is 2.38. The highest BCUT2D eigenvalue weighted by Gasteiger charge is 2.16. The molecule has 3 nitrogen and oxygen atoms in total. The number of hydrogen-bond acceptors (Lipinski definition) is 3. The third-order valence-corrected chi connectivity index (χ3v) is 3.30. The average molecular weight is 249 g/mol. The van der Waals surface area contributed by atoms with Gasteiger partial charge in [-0.1, -0.05) is 31.2 Å². The van der Waals surface area contributed by atoms with Gasteiger partial charge in [0.2, 0.25) is 0 Å². The Morgan fingerprint density at radius 1 is 1.33 bits per heavy atom. The van der Waals surface area contributed by atoms with Gasteiger partial charge in [0.05, 0.1) is 19.3 Å². The van der Waals surface area contributed by atoms with Crippen molar-refractivity contribution in [2.75, 3.05) is 26.3 Å². The maximum absolute atomic E-state index is 5.89. The summed E-state index contributed by atoms with van der Waals surface area (Å²) < 4.78 is 11.2. The Kier molecular flexibility index (Phi) is 5.65. The monoisotopic (exact) mass is 249 g/mol. The van der Waals surface area contributed by atoms with Crippen LogP contribution in [0.15, 0.2) is 24.3 Å². The van der Waals surface area contributed by atoms with Crippen molar-refractivity contribution in [3.8, 4) is 0 Å². The summed E-state index contributed by atoms with van der Waals surface area (Å²) >= 11 is 0. The third kappa shape index (κ3) is 4.09. The minimum absolute atomic E-state index is 0.284. The van der Waals surface area contributed by atoms with Crippen LogP contribution in [0.4, 0.5) is 0 Å². The Balaban J connectivity index is 1.85. The second-order valence-electron chi connectivity index (χ2n) is 4.67. The number of benzene rings is 1. The number of hydrogen-bond donors (Lipinski definition) is 1. The lowest BCUT2D eigenvalue weighted by Crippen LogP contribution is -2.17. The molecule has 1 aliphatic heterocycles. The van der Waals surface area contributed by atoms with Crippen molar-refractivity contribution >= 4 is 0 Å². The fraction of sp³-hybridized carbons (Fsp3) is 0.600. The van der Waals surface area contributed by atoms with Crippen LogP contribution in [0.25, 0.3) is 0 Å². The Morgan fingerprint density at radius 3 is 2.89 bits per heavy atom. The maximum Gasteiger partial charge on any atom is 0.0834 e. The molecule has 0 radical (unpaired) electrons. The van der Waals surface area contributed by atoms with Gasteiger partial charge in [0.1, 0.15) is 0 Å². The van der Waals surface area contributed by atoms with E-state index in [2.05, 4.69) is 36.5 Å². The molecule has 1 N–H and O–H groups in total. The predicted molar refractivity (Wildman–Crippen MR) is 72.7 cm³/mol. The van der Waals surface area contributed by atoms with Crippen LogP contribution in [0.1, 0.15) is 24.5 Å². The van der Waals surface area contributed by atoms with Gasteiger partial charge in [-0.15, -0.1) is 0 Å². The molecule has 3 heteroatoms. The van der Waals surface area contributed by atoms with E-state index in [0.717, 1.165) is 39.1 Å². The smallest absolute Gasteiger partial charge is 0.0834 e. The molecule has 0 bridgehead atoms. The zero-order valence-corrected chi connectivity index (χ0v) is 11.2. The lowest BCUT2D eigenvalue weighted by atomic mass is 10.1. The Bertz CT molecular complexity index is 348. The minimum Gasteiger partial charge on any atom is -0.379 e. The molecule has 2 rings (SSSR count). The quantitative estimate of drug-likeness (QED) is 0.751. The summed E-state index contributed by atoms with van der Waals surface area (Å²) in [5.41, 5.74) is 2.69. The van der Waals surface area contributed by atoms with Crippen molar-refractivity contribution in [1.82, 2.24) is 5.32 Å². The van der Waals surface area contributed by atoms with Crippen LogP contribution in [-0.4, -0.2) is 32.4 Å². The standard InChI is InChI=1S/C15H23NO2/c1-2-16-9-7-13-5-3-4-6-14(13)11-18-15-8-10-17-12-15/h3-6,15-16H,2,7-12H2,1H3. The molecule has 18 heavy (non-hydrogen) atoms. The van der Waals surface area contributed by atoms with Crippen molar-refractivity contribution in [3.05, 3.63) is 35.4 Å². The summed E-state index contributed by atoms with van der Waals surface area (Å²) in [6, 6.07) is 8.54. The van der Waals surface area contributed by atoms with Crippen molar-refractivity contribution in [2.45, 2.75) is 32.5 Å². The summed E-state index contributed by atoms with van der Waals surface area (Å²) in [4.78, 5) is 0. The van der Waals surface area contributed by atoms with Gasteiger partial charge in [-0.3, -0.25) is 0 Å². The Morgan fingerprint density at radius 2 is 2.17 bits per heavy atom. The van der Waals surface area contributed by atoms with E-state index < -0.39 is 0 Å². The molecular weight excluding hydrogens is 226 g/mol. The van der Waals surface area contributed by atoms with Crippen LogP contribution in [0.3, 0.4) is 0 Å². The largest absolute Gasteiger partial charge is 0.379 e.